The van der Waals surface area contributed by atoms with Crippen LogP contribution >= 0.6 is 0 Å². The zero-order valence-corrected chi connectivity index (χ0v) is 17.6. The number of nitrogens with zero attached hydrogens (tertiary/aromatic N) is 1. The van der Waals surface area contributed by atoms with Gasteiger partial charge in [0.2, 0.25) is 0 Å². The van der Waals surface area contributed by atoms with Crippen molar-refractivity contribution in [1.82, 2.24) is 4.98 Å². The Hall–Kier alpha value is -3.19. The Labute approximate surface area is 174 Å². The van der Waals surface area contributed by atoms with E-state index in [2.05, 4.69) is 107 Å². The Kier molecular flexibility index (Phi) is 5.31. The molecule has 0 saturated heterocycles. The van der Waals surface area contributed by atoms with E-state index in [1.807, 2.05) is 6.20 Å². The van der Waals surface area contributed by atoms with Crippen molar-refractivity contribution in [1.29, 1.82) is 0 Å². The lowest BCUT2D eigenvalue weighted by molar-refractivity contribution is 0.861. The summed E-state index contributed by atoms with van der Waals surface area (Å²) in [5, 5.41) is 0. The van der Waals surface area contributed by atoms with Crippen molar-refractivity contribution < 1.29 is 0 Å². The first-order valence-electron chi connectivity index (χ1n) is 10.3. The predicted octanol–water partition coefficient (Wildman–Crippen LogP) is 7.82. The highest BCUT2D eigenvalue weighted by atomic mass is 14.7. The maximum Gasteiger partial charge on any atom is 0.0708 e. The third-order valence-corrected chi connectivity index (χ3v) is 5.57. The molecule has 0 amide bonds. The fourth-order valence-electron chi connectivity index (χ4n) is 4.06. The molecule has 144 valence electrons. The van der Waals surface area contributed by atoms with Gasteiger partial charge in [0.05, 0.1) is 5.69 Å². The van der Waals surface area contributed by atoms with Crippen LogP contribution in [0.3, 0.4) is 0 Å². The van der Waals surface area contributed by atoms with E-state index in [9.17, 15) is 0 Å². The van der Waals surface area contributed by atoms with Gasteiger partial charge in [-0.05, 0) is 70.8 Å². The fraction of sp³-hybridized carbons (Fsp3) is 0.179. The molecule has 1 heterocycles. The minimum atomic E-state index is 0.424. The second-order valence-electron chi connectivity index (χ2n) is 8.03. The van der Waals surface area contributed by atoms with E-state index < -0.39 is 0 Å². The second kappa shape index (κ2) is 8.05. The molecule has 3 aromatic carbocycles. The van der Waals surface area contributed by atoms with Crippen molar-refractivity contribution in [2.24, 2.45) is 0 Å². The average molecular weight is 378 g/mol. The second-order valence-corrected chi connectivity index (χ2v) is 8.03. The molecular formula is C28H27N. The van der Waals surface area contributed by atoms with Crippen LogP contribution in [0.1, 0.15) is 36.5 Å². The molecule has 4 rings (SSSR count). The maximum absolute atomic E-state index is 4.84. The first-order chi connectivity index (χ1) is 14.0. The average Bonchev–Trinajstić information content (AvgIpc) is 2.74. The molecule has 0 aliphatic rings. The molecule has 0 N–H and O–H groups in total. The topological polar surface area (TPSA) is 12.9 Å². The van der Waals surface area contributed by atoms with E-state index in [0.29, 0.717) is 5.92 Å². The van der Waals surface area contributed by atoms with Gasteiger partial charge in [0.25, 0.3) is 0 Å². The zero-order chi connectivity index (χ0) is 20.4. The van der Waals surface area contributed by atoms with Crippen LogP contribution in [0, 0.1) is 13.8 Å². The molecule has 1 aromatic heterocycles. The van der Waals surface area contributed by atoms with Gasteiger partial charge < -0.3 is 0 Å². The van der Waals surface area contributed by atoms with Gasteiger partial charge in [-0.1, -0.05) is 80.6 Å². The lowest BCUT2D eigenvalue weighted by Crippen LogP contribution is -1.96. The molecule has 0 radical (unpaired) electrons. The van der Waals surface area contributed by atoms with Gasteiger partial charge in [-0.15, -0.1) is 0 Å². The third kappa shape index (κ3) is 3.86. The number of rotatable bonds is 4. The highest BCUT2D eigenvalue weighted by Gasteiger charge is 2.13. The van der Waals surface area contributed by atoms with Gasteiger partial charge >= 0.3 is 0 Å². The Morgan fingerprint density at radius 3 is 1.97 bits per heavy atom. The molecule has 0 aliphatic carbocycles. The van der Waals surface area contributed by atoms with Crippen molar-refractivity contribution in [2.75, 3.05) is 0 Å². The summed E-state index contributed by atoms with van der Waals surface area (Å²) in [7, 11) is 0. The first-order valence-corrected chi connectivity index (χ1v) is 10.3. The monoisotopic (exact) mass is 377 g/mol. The summed E-state index contributed by atoms with van der Waals surface area (Å²) in [4.78, 5) is 4.84. The minimum Gasteiger partial charge on any atom is -0.256 e. The molecule has 29 heavy (non-hydrogen) atoms. The van der Waals surface area contributed by atoms with Crippen molar-refractivity contribution in [3.05, 3.63) is 102 Å². The van der Waals surface area contributed by atoms with E-state index in [1.165, 1.54) is 38.9 Å². The molecule has 0 bridgehead atoms. The first kappa shape index (κ1) is 19.1. The number of benzene rings is 3. The fourth-order valence-corrected chi connectivity index (χ4v) is 4.06. The highest BCUT2D eigenvalue weighted by Crippen LogP contribution is 2.34. The van der Waals surface area contributed by atoms with Crippen LogP contribution in [0.15, 0.2) is 85.1 Å². The lowest BCUT2D eigenvalue weighted by atomic mass is 9.91. The summed E-state index contributed by atoms with van der Waals surface area (Å²) in [5.74, 6) is 0.424. The summed E-state index contributed by atoms with van der Waals surface area (Å²) in [6.45, 7) is 8.81. The molecule has 0 saturated carbocycles. The SMILES string of the molecule is Cc1cccc(C)c1-c1cccc(-c2cc(-c3ccccc3)c(C(C)C)cn2)c1. The summed E-state index contributed by atoms with van der Waals surface area (Å²) in [6.07, 6.45) is 2.05. The van der Waals surface area contributed by atoms with E-state index >= 15 is 0 Å². The van der Waals surface area contributed by atoms with E-state index in [0.717, 1.165) is 11.3 Å². The summed E-state index contributed by atoms with van der Waals surface area (Å²) < 4.78 is 0. The Balaban J connectivity index is 1.84. The number of pyridine rings is 1. The summed E-state index contributed by atoms with van der Waals surface area (Å²) >= 11 is 0. The number of hydrogen-bond acceptors (Lipinski definition) is 1. The largest absolute Gasteiger partial charge is 0.256 e. The molecule has 0 fully saturated rings. The normalized spacial score (nSPS) is 11.1. The standard InChI is InChI=1S/C28H27N/c1-19(2)26-18-29-27(17-25(26)22-12-6-5-7-13-22)23-14-9-15-24(16-23)28-20(3)10-8-11-21(28)4/h5-19H,1-4H3. The van der Waals surface area contributed by atoms with Crippen LogP contribution in [0.2, 0.25) is 0 Å². The Bertz CT molecular complexity index is 1120. The molecule has 4 aromatic rings. The van der Waals surface area contributed by atoms with Crippen LogP contribution in [-0.2, 0) is 0 Å². The van der Waals surface area contributed by atoms with Crippen molar-refractivity contribution in [2.45, 2.75) is 33.6 Å². The smallest absolute Gasteiger partial charge is 0.0708 e. The Morgan fingerprint density at radius 1 is 0.655 bits per heavy atom. The van der Waals surface area contributed by atoms with E-state index in [-0.39, 0.29) is 0 Å². The van der Waals surface area contributed by atoms with Crippen LogP contribution < -0.4 is 0 Å². The third-order valence-electron chi connectivity index (χ3n) is 5.57. The van der Waals surface area contributed by atoms with Gasteiger partial charge in [0.15, 0.2) is 0 Å². The molecule has 0 unspecified atom stereocenters. The zero-order valence-electron chi connectivity index (χ0n) is 17.6. The highest BCUT2D eigenvalue weighted by molar-refractivity contribution is 5.78. The van der Waals surface area contributed by atoms with Gasteiger partial charge in [0, 0.05) is 11.8 Å². The molecule has 1 heteroatoms. The maximum atomic E-state index is 4.84. The number of hydrogen-bond donors (Lipinski definition) is 0. The van der Waals surface area contributed by atoms with Crippen molar-refractivity contribution in [3.8, 4) is 33.5 Å². The van der Waals surface area contributed by atoms with Gasteiger partial charge in [-0.25, -0.2) is 0 Å². The van der Waals surface area contributed by atoms with Crippen LogP contribution in [0.5, 0.6) is 0 Å². The van der Waals surface area contributed by atoms with Gasteiger partial charge in [-0.3, -0.25) is 4.98 Å². The quantitative estimate of drug-likeness (QED) is 0.353. The molecule has 0 atom stereocenters. The van der Waals surface area contributed by atoms with Crippen LogP contribution in [0.25, 0.3) is 33.5 Å². The summed E-state index contributed by atoms with van der Waals surface area (Å²) in [6, 6.07) is 28.1. The molecule has 0 spiro atoms. The van der Waals surface area contributed by atoms with Crippen LogP contribution in [0.4, 0.5) is 0 Å². The van der Waals surface area contributed by atoms with E-state index in [4.69, 9.17) is 4.98 Å². The van der Waals surface area contributed by atoms with Crippen LogP contribution in [-0.4, -0.2) is 4.98 Å². The number of aromatic nitrogens is 1. The number of aryl methyl sites for hydroxylation is 2. The van der Waals surface area contributed by atoms with Crippen molar-refractivity contribution in [3.63, 3.8) is 0 Å². The predicted molar refractivity (Wildman–Crippen MR) is 124 cm³/mol. The van der Waals surface area contributed by atoms with Crippen molar-refractivity contribution >= 4 is 0 Å². The van der Waals surface area contributed by atoms with E-state index in [1.54, 1.807) is 0 Å². The lowest BCUT2D eigenvalue weighted by Gasteiger charge is -2.15. The molecular weight excluding hydrogens is 350 g/mol. The minimum absolute atomic E-state index is 0.424. The summed E-state index contributed by atoms with van der Waals surface area (Å²) in [5.41, 5.74) is 11.1. The molecule has 0 aliphatic heterocycles. The van der Waals surface area contributed by atoms with Gasteiger partial charge in [0.1, 0.15) is 0 Å². The van der Waals surface area contributed by atoms with Gasteiger partial charge in [-0.2, -0.15) is 0 Å². The molecule has 1 nitrogen and oxygen atoms in total. The Morgan fingerprint density at radius 2 is 1.28 bits per heavy atom.